The third-order valence-electron chi connectivity index (χ3n) is 3.40. The zero-order valence-corrected chi connectivity index (χ0v) is 10.6. The molecule has 1 aliphatic carbocycles. The Balaban J connectivity index is 2.39. The van der Waals surface area contributed by atoms with E-state index in [1.54, 1.807) is 24.3 Å². The van der Waals surface area contributed by atoms with Crippen molar-refractivity contribution in [1.82, 2.24) is 0 Å². The molecule has 0 saturated heterocycles. The molecule has 0 spiro atoms. The molecule has 0 saturated carbocycles. The van der Waals surface area contributed by atoms with Gasteiger partial charge < -0.3 is 15.6 Å². The molecule has 3 rings (SSSR count). The molecule has 0 heterocycles. The van der Waals surface area contributed by atoms with Crippen LogP contribution in [0.4, 0.5) is 5.69 Å². The zero-order chi connectivity index (χ0) is 14.4. The highest BCUT2D eigenvalue weighted by Gasteiger charge is 2.34. The number of hydrogen-bond acceptors (Lipinski definition) is 5. The molecule has 0 fully saturated rings. The minimum absolute atomic E-state index is 0.00514. The number of fused-ring (bicyclic) bond motifs is 2. The molecule has 5 nitrogen and oxygen atoms in total. The summed E-state index contributed by atoms with van der Waals surface area (Å²) in [5.74, 6) is -0.940. The summed E-state index contributed by atoms with van der Waals surface area (Å²) >= 11 is 0. The van der Waals surface area contributed by atoms with Crippen molar-refractivity contribution in [1.29, 1.82) is 0 Å². The standard InChI is InChI=1S/C15H11NO4/c1-20-10-6-9(17)11-12(13(10)16)15(19)8-5-3-2-4-7(8)14(11)18/h2-6,17H,16H2,1H3. The van der Waals surface area contributed by atoms with E-state index in [1.165, 1.54) is 13.2 Å². The minimum Gasteiger partial charge on any atom is -0.507 e. The van der Waals surface area contributed by atoms with Gasteiger partial charge in [0.1, 0.15) is 11.5 Å². The van der Waals surface area contributed by atoms with Gasteiger partial charge in [0, 0.05) is 17.2 Å². The molecule has 0 aliphatic heterocycles. The highest BCUT2D eigenvalue weighted by atomic mass is 16.5. The lowest BCUT2D eigenvalue weighted by molar-refractivity contribution is 0.0977. The molecule has 5 heteroatoms. The average Bonchev–Trinajstić information content (AvgIpc) is 2.46. The maximum absolute atomic E-state index is 12.5. The van der Waals surface area contributed by atoms with E-state index in [1.807, 2.05) is 0 Å². The van der Waals surface area contributed by atoms with Gasteiger partial charge in [-0.2, -0.15) is 0 Å². The number of carbonyl (C=O) groups is 2. The second-order valence-electron chi connectivity index (χ2n) is 4.47. The van der Waals surface area contributed by atoms with Gasteiger partial charge in [-0.25, -0.2) is 0 Å². The molecular weight excluding hydrogens is 258 g/mol. The Hall–Kier alpha value is -2.82. The van der Waals surface area contributed by atoms with Gasteiger partial charge in [0.25, 0.3) is 0 Å². The first-order valence-electron chi connectivity index (χ1n) is 5.94. The quantitative estimate of drug-likeness (QED) is 0.519. The summed E-state index contributed by atoms with van der Waals surface area (Å²) in [6.45, 7) is 0. The van der Waals surface area contributed by atoms with Crippen molar-refractivity contribution in [2.45, 2.75) is 0 Å². The predicted octanol–water partition coefficient (Wildman–Crippen LogP) is 1.76. The maximum atomic E-state index is 12.5. The van der Waals surface area contributed by atoms with Crippen molar-refractivity contribution in [2.24, 2.45) is 0 Å². The molecule has 20 heavy (non-hydrogen) atoms. The fourth-order valence-electron chi connectivity index (χ4n) is 2.44. The van der Waals surface area contributed by atoms with Crippen LogP contribution in [-0.2, 0) is 0 Å². The number of carbonyl (C=O) groups excluding carboxylic acids is 2. The van der Waals surface area contributed by atoms with Crippen molar-refractivity contribution in [3.63, 3.8) is 0 Å². The van der Waals surface area contributed by atoms with Crippen LogP contribution in [0.15, 0.2) is 30.3 Å². The van der Waals surface area contributed by atoms with Crippen LogP contribution < -0.4 is 10.5 Å². The van der Waals surface area contributed by atoms with Crippen molar-refractivity contribution in [3.8, 4) is 11.5 Å². The summed E-state index contributed by atoms with van der Waals surface area (Å²) in [7, 11) is 1.38. The molecule has 100 valence electrons. The van der Waals surface area contributed by atoms with Gasteiger partial charge >= 0.3 is 0 Å². The van der Waals surface area contributed by atoms with Crippen LogP contribution in [0.5, 0.6) is 11.5 Å². The van der Waals surface area contributed by atoms with Crippen LogP contribution in [0.1, 0.15) is 31.8 Å². The molecule has 0 unspecified atom stereocenters. The number of methoxy groups -OCH3 is 1. The number of nitrogen functional groups attached to an aromatic ring is 1. The van der Waals surface area contributed by atoms with Gasteiger partial charge in [0.15, 0.2) is 11.6 Å². The van der Waals surface area contributed by atoms with Crippen LogP contribution in [0, 0.1) is 0 Å². The largest absolute Gasteiger partial charge is 0.507 e. The third-order valence-corrected chi connectivity index (χ3v) is 3.40. The van der Waals surface area contributed by atoms with Gasteiger partial charge in [-0.05, 0) is 0 Å². The van der Waals surface area contributed by atoms with E-state index in [2.05, 4.69) is 0 Å². The van der Waals surface area contributed by atoms with E-state index in [0.717, 1.165) is 0 Å². The normalized spacial score (nSPS) is 12.8. The summed E-state index contributed by atoms with van der Waals surface area (Å²) in [5, 5.41) is 10.00. The van der Waals surface area contributed by atoms with Crippen LogP contribution in [0.2, 0.25) is 0 Å². The molecule has 0 aromatic heterocycles. The lowest BCUT2D eigenvalue weighted by Gasteiger charge is -2.21. The van der Waals surface area contributed by atoms with Gasteiger partial charge in [-0.3, -0.25) is 9.59 Å². The predicted molar refractivity (Wildman–Crippen MR) is 72.4 cm³/mol. The monoisotopic (exact) mass is 269 g/mol. The van der Waals surface area contributed by atoms with Crippen molar-refractivity contribution < 1.29 is 19.4 Å². The van der Waals surface area contributed by atoms with E-state index in [-0.39, 0.29) is 45.2 Å². The van der Waals surface area contributed by atoms with Crippen LogP contribution in [-0.4, -0.2) is 23.8 Å². The Bertz CT molecular complexity index is 765. The molecule has 0 atom stereocenters. The van der Waals surface area contributed by atoms with E-state index >= 15 is 0 Å². The third kappa shape index (κ3) is 1.43. The fourth-order valence-corrected chi connectivity index (χ4v) is 2.44. The molecule has 3 N–H and O–H groups in total. The number of benzene rings is 2. The summed E-state index contributed by atoms with van der Waals surface area (Å²) in [6, 6.07) is 7.70. The lowest BCUT2D eigenvalue weighted by atomic mass is 9.82. The second kappa shape index (κ2) is 4.09. The Labute approximate surface area is 114 Å². The number of phenolic OH excluding ortho intramolecular Hbond substituents is 1. The van der Waals surface area contributed by atoms with E-state index in [0.29, 0.717) is 0 Å². The summed E-state index contributed by atoms with van der Waals surface area (Å²) < 4.78 is 5.01. The van der Waals surface area contributed by atoms with Gasteiger partial charge in [-0.1, -0.05) is 24.3 Å². The zero-order valence-electron chi connectivity index (χ0n) is 10.6. The van der Waals surface area contributed by atoms with Crippen LogP contribution >= 0.6 is 0 Å². The highest BCUT2D eigenvalue weighted by molar-refractivity contribution is 6.31. The molecule has 2 aromatic carbocycles. The number of ketones is 2. The Kier molecular flexibility index (Phi) is 2.50. The van der Waals surface area contributed by atoms with Crippen molar-refractivity contribution in [3.05, 3.63) is 52.6 Å². The molecule has 0 bridgehead atoms. The van der Waals surface area contributed by atoms with E-state index < -0.39 is 5.78 Å². The number of aromatic hydroxyl groups is 1. The van der Waals surface area contributed by atoms with Crippen molar-refractivity contribution >= 4 is 17.3 Å². The molecular formula is C15H11NO4. The number of ether oxygens (including phenoxy) is 1. The van der Waals surface area contributed by atoms with Crippen LogP contribution in [0.3, 0.4) is 0 Å². The van der Waals surface area contributed by atoms with Gasteiger partial charge in [0.2, 0.25) is 0 Å². The first-order valence-corrected chi connectivity index (χ1v) is 5.94. The summed E-state index contributed by atoms with van der Waals surface area (Å²) in [5.41, 5.74) is 6.44. The second-order valence-corrected chi connectivity index (χ2v) is 4.47. The number of hydrogen-bond donors (Lipinski definition) is 2. The average molecular weight is 269 g/mol. The number of rotatable bonds is 1. The van der Waals surface area contributed by atoms with Gasteiger partial charge in [0.05, 0.1) is 23.9 Å². The maximum Gasteiger partial charge on any atom is 0.198 e. The fraction of sp³-hybridized carbons (Fsp3) is 0.0667. The smallest absolute Gasteiger partial charge is 0.198 e. The Morgan fingerprint density at radius 3 is 2.15 bits per heavy atom. The van der Waals surface area contributed by atoms with Gasteiger partial charge in [-0.15, -0.1) is 0 Å². The molecule has 0 amide bonds. The Morgan fingerprint density at radius 2 is 1.60 bits per heavy atom. The minimum atomic E-state index is -0.415. The molecule has 1 aliphatic rings. The van der Waals surface area contributed by atoms with Crippen molar-refractivity contribution in [2.75, 3.05) is 12.8 Å². The molecule has 2 aromatic rings. The highest BCUT2D eigenvalue weighted by Crippen LogP contribution is 2.40. The van der Waals surface area contributed by atoms with E-state index in [4.69, 9.17) is 10.5 Å². The lowest BCUT2D eigenvalue weighted by Crippen LogP contribution is -2.22. The Morgan fingerprint density at radius 1 is 1.05 bits per heavy atom. The summed E-state index contributed by atoms with van der Waals surface area (Å²) in [4.78, 5) is 24.9. The van der Waals surface area contributed by atoms with Crippen LogP contribution in [0.25, 0.3) is 0 Å². The number of nitrogens with two attached hydrogens (primary N) is 1. The number of anilines is 1. The number of phenols is 1. The topological polar surface area (TPSA) is 89.6 Å². The summed E-state index contributed by atoms with van der Waals surface area (Å²) in [6.07, 6.45) is 0. The first-order chi connectivity index (χ1) is 9.56. The van der Waals surface area contributed by atoms with E-state index in [9.17, 15) is 14.7 Å². The first kappa shape index (κ1) is 12.2. The molecule has 0 radical (unpaired) electrons. The SMILES string of the molecule is COc1cc(O)c2c(c1N)C(=O)c1ccccc1C2=O.